The van der Waals surface area contributed by atoms with E-state index in [2.05, 4.69) is 43.0 Å². The zero-order chi connectivity index (χ0) is 15.8. The fraction of sp³-hybridized carbons (Fsp3) is 0.312. The van der Waals surface area contributed by atoms with Crippen LogP contribution >= 0.6 is 27.5 Å². The number of halogens is 2. The summed E-state index contributed by atoms with van der Waals surface area (Å²) in [7, 11) is 0. The first-order valence-corrected chi connectivity index (χ1v) is 8.73. The Bertz CT molecular complexity index is 828. The molecule has 1 fully saturated rings. The summed E-state index contributed by atoms with van der Waals surface area (Å²) in [5.74, 6) is 0.981. The van der Waals surface area contributed by atoms with Crippen LogP contribution in [-0.4, -0.2) is 32.8 Å². The molecule has 5 nitrogen and oxygen atoms in total. The summed E-state index contributed by atoms with van der Waals surface area (Å²) in [5.41, 5.74) is 0.844. The Balaban J connectivity index is 1.57. The normalized spacial score (nSPS) is 16.2. The van der Waals surface area contributed by atoms with Crippen LogP contribution in [0.4, 0.5) is 5.82 Å². The van der Waals surface area contributed by atoms with Crippen LogP contribution in [0.15, 0.2) is 41.4 Å². The lowest BCUT2D eigenvalue weighted by atomic mass is 10.1. The van der Waals surface area contributed by atoms with Gasteiger partial charge in [-0.1, -0.05) is 27.5 Å². The van der Waals surface area contributed by atoms with Crippen LogP contribution in [0.25, 0.3) is 10.9 Å². The lowest BCUT2D eigenvalue weighted by Crippen LogP contribution is -2.35. The number of piperidine rings is 1. The number of hydrogen-bond donors (Lipinski definition) is 0. The third-order valence-electron chi connectivity index (χ3n) is 4.34. The highest BCUT2D eigenvalue weighted by Gasteiger charge is 2.22. The minimum absolute atomic E-state index is 0.423. The van der Waals surface area contributed by atoms with Crippen molar-refractivity contribution >= 4 is 44.3 Å². The molecule has 7 heteroatoms. The summed E-state index contributed by atoms with van der Waals surface area (Å²) in [6.07, 6.45) is 5.47. The Kier molecular flexibility index (Phi) is 3.95. The smallest absolute Gasteiger partial charge is 0.137 e. The summed E-state index contributed by atoms with van der Waals surface area (Å²) in [5, 5.41) is 5.97. The predicted octanol–water partition coefficient (Wildman–Crippen LogP) is 4.08. The molecule has 23 heavy (non-hydrogen) atoms. The van der Waals surface area contributed by atoms with Crippen molar-refractivity contribution in [3.63, 3.8) is 0 Å². The molecule has 118 valence electrons. The SMILES string of the molecule is Clc1ccc(Br)c2ccc(N3CCC(n4cncn4)CC3)nc12. The van der Waals surface area contributed by atoms with Crippen molar-refractivity contribution in [1.29, 1.82) is 0 Å². The Morgan fingerprint density at radius 3 is 2.70 bits per heavy atom. The van der Waals surface area contributed by atoms with Crippen LogP contribution in [0.5, 0.6) is 0 Å². The van der Waals surface area contributed by atoms with Gasteiger partial charge in [-0.2, -0.15) is 5.10 Å². The van der Waals surface area contributed by atoms with Crippen molar-refractivity contribution in [2.24, 2.45) is 0 Å². The number of benzene rings is 1. The molecule has 1 aliphatic rings. The topological polar surface area (TPSA) is 46.8 Å². The summed E-state index contributed by atoms with van der Waals surface area (Å²) in [6, 6.07) is 8.40. The van der Waals surface area contributed by atoms with Gasteiger partial charge in [0, 0.05) is 22.9 Å². The Labute approximate surface area is 147 Å². The molecule has 0 saturated carbocycles. The maximum atomic E-state index is 6.31. The summed E-state index contributed by atoms with van der Waals surface area (Å²) in [4.78, 5) is 11.1. The minimum Gasteiger partial charge on any atom is -0.356 e. The summed E-state index contributed by atoms with van der Waals surface area (Å²) < 4.78 is 2.97. The molecule has 0 amide bonds. The Hall–Kier alpha value is -1.66. The molecule has 0 unspecified atom stereocenters. The zero-order valence-electron chi connectivity index (χ0n) is 12.4. The third-order valence-corrected chi connectivity index (χ3v) is 5.34. The number of aromatic nitrogens is 4. The quantitative estimate of drug-likeness (QED) is 0.659. The largest absolute Gasteiger partial charge is 0.356 e. The number of nitrogens with zero attached hydrogens (tertiary/aromatic N) is 5. The highest BCUT2D eigenvalue weighted by Crippen LogP contribution is 2.32. The zero-order valence-corrected chi connectivity index (χ0v) is 14.7. The van der Waals surface area contributed by atoms with Crippen LogP contribution < -0.4 is 4.90 Å². The van der Waals surface area contributed by atoms with Crippen LogP contribution in [0.3, 0.4) is 0 Å². The highest BCUT2D eigenvalue weighted by molar-refractivity contribution is 9.10. The van der Waals surface area contributed by atoms with E-state index in [1.807, 2.05) is 16.8 Å². The van der Waals surface area contributed by atoms with Crippen molar-refractivity contribution in [3.05, 3.63) is 46.4 Å². The van der Waals surface area contributed by atoms with E-state index >= 15 is 0 Å². The van der Waals surface area contributed by atoms with E-state index < -0.39 is 0 Å². The average Bonchev–Trinajstić information content (AvgIpc) is 3.13. The fourth-order valence-corrected chi connectivity index (χ4v) is 3.74. The van der Waals surface area contributed by atoms with E-state index in [4.69, 9.17) is 16.6 Å². The first-order chi connectivity index (χ1) is 11.2. The van der Waals surface area contributed by atoms with Crippen molar-refractivity contribution in [2.75, 3.05) is 18.0 Å². The van der Waals surface area contributed by atoms with E-state index in [-0.39, 0.29) is 0 Å². The van der Waals surface area contributed by atoms with E-state index in [9.17, 15) is 0 Å². The first-order valence-electron chi connectivity index (χ1n) is 7.56. The monoisotopic (exact) mass is 391 g/mol. The molecule has 0 spiro atoms. The van der Waals surface area contributed by atoms with Gasteiger partial charge in [0.2, 0.25) is 0 Å². The van der Waals surface area contributed by atoms with Crippen molar-refractivity contribution in [2.45, 2.75) is 18.9 Å². The van der Waals surface area contributed by atoms with Gasteiger partial charge in [0.15, 0.2) is 0 Å². The first kappa shape index (κ1) is 14.9. The maximum absolute atomic E-state index is 6.31. The number of pyridine rings is 1. The number of hydrogen-bond acceptors (Lipinski definition) is 4. The van der Waals surface area contributed by atoms with Crippen molar-refractivity contribution in [1.82, 2.24) is 19.7 Å². The number of fused-ring (bicyclic) bond motifs is 1. The van der Waals surface area contributed by atoms with Crippen molar-refractivity contribution < 1.29 is 0 Å². The Morgan fingerprint density at radius 1 is 1.13 bits per heavy atom. The van der Waals surface area contributed by atoms with E-state index in [0.29, 0.717) is 11.1 Å². The highest BCUT2D eigenvalue weighted by atomic mass is 79.9. The molecule has 1 aromatic carbocycles. The average molecular weight is 393 g/mol. The molecule has 1 saturated heterocycles. The second-order valence-electron chi connectivity index (χ2n) is 5.69. The molecule has 2 aromatic heterocycles. The molecule has 1 aliphatic heterocycles. The summed E-state index contributed by atoms with van der Waals surface area (Å²) >= 11 is 9.86. The van der Waals surface area contributed by atoms with Gasteiger partial charge in [-0.3, -0.25) is 0 Å². The van der Waals surface area contributed by atoms with Crippen molar-refractivity contribution in [3.8, 4) is 0 Å². The van der Waals surface area contributed by atoms with Crippen LogP contribution in [-0.2, 0) is 0 Å². The minimum atomic E-state index is 0.423. The molecule has 0 atom stereocenters. The molecular weight excluding hydrogens is 378 g/mol. The lowest BCUT2D eigenvalue weighted by molar-refractivity contribution is 0.365. The van der Waals surface area contributed by atoms with E-state index in [1.54, 1.807) is 12.7 Å². The van der Waals surface area contributed by atoms with Crippen LogP contribution in [0.2, 0.25) is 5.02 Å². The predicted molar refractivity (Wildman–Crippen MR) is 95.0 cm³/mol. The molecular formula is C16H15BrClN5. The number of rotatable bonds is 2. The van der Waals surface area contributed by atoms with Gasteiger partial charge < -0.3 is 4.90 Å². The van der Waals surface area contributed by atoms with Crippen LogP contribution in [0, 0.1) is 0 Å². The lowest BCUT2D eigenvalue weighted by Gasteiger charge is -2.32. The molecule has 4 rings (SSSR count). The van der Waals surface area contributed by atoms with E-state index in [1.165, 1.54) is 0 Å². The molecule has 0 aliphatic carbocycles. The van der Waals surface area contributed by atoms with Crippen LogP contribution in [0.1, 0.15) is 18.9 Å². The van der Waals surface area contributed by atoms with Gasteiger partial charge >= 0.3 is 0 Å². The third kappa shape index (κ3) is 2.81. The molecule has 0 radical (unpaired) electrons. The fourth-order valence-electron chi connectivity index (χ4n) is 3.08. The van der Waals surface area contributed by atoms with Gasteiger partial charge in [0.05, 0.1) is 16.6 Å². The van der Waals surface area contributed by atoms with Gasteiger partial charge in [-0.15, -0.1) is 0 Å². The van der Waals surface area contributed by atoms with E-state index in [0.717, 1.165) is 47.1 Å². The maximum Gasteiger partial charge on any atom is 0.137 e. The molecule has 3 aromatic rings. The molecule has 0 bridgehead atoms. The second kappa shape index (κ2) is 6.09. The second-order valence-corrected chi connectivity index (χ2v) is 6.95. The number of anilines is 1. The van der Waals surface area contributed by atoms with Gasteiger partial charge in [-0.05, 0) is 37.1 Å². The standard InChI is InChI=1S/C16H15BrClN5/c17-13-2-3-14(18)16-12(13)1-4-15(21-16)22-7-5-11(6-8-22)23-10-19-9-20-23/h1-4,9-11H,5-8H2. The summed E-state index contributed by atoms with van der Waals surface area (Å²) in [6.45, 7) is 1.91. The molecule has 3 heterocycles. The van der Waals surface area contributed by atoms with Gasteiger partial charge in [-0.25, -0.2) is 14.6 Å². The molecule has 0 N–H and O–H groups in total. The van der Waals surface area contributed by atoms with Gasteiger partial charge in [0.25, 0.3) is 0 Å². The van der Waals surface area contributed by atoms with Gasteiger partial charge in [0.1, 0.15) is 18.5 Å². The Morgan fingerprint density at radius 2 is 1.96 bits per heavy atom.